The van der Waals surface area contributed by atoms with E-state index in [1.54, 1.807) is 14.0 Å². The molecule has 0 radical (unpaired) electrons. The van der Waals surface area contributed by atoms with Crippen LogP contribution in [0.15, 0.2) is 27.6 Å². The maximum atomic E-state index is 10.7. The normalized spacial score (nSPS) is 20.2. The fourth-order valence-corrected chi connectivity index (χ4v) is 3.02. The Bertz CT molecular complexity index is 579. The van der Waals surface area contributed by atoms with Crippen LogP contribution in [-0.2, 0) is 5.60 Å². The van der Waals surface area contributed by atoms with Crippen molar-refractivity contribution in [2.24, 2.45) is 10.9 Å². The molecule has 136 valence electrons. The lowest BCUT2D eigenvalue weighted by molar-refractivity contribution is 0.0601. The zero-order valence-electron chi connectivity index (χ0n) is 15.1. The summed E-state index contributed by atoms with van der Waals surface area (Å²) >= 11 is 0. The molecule has 1 aliphatic rings. The molecule has 1 aromatic heterocycles. The Labute approximate surface area is 162 Å². The SMILES string of the molecule is CN=C(NCC1CC=CCC1)NCC(C)(O)c1cc(C)oc1C.I. The maximum absolute atomic E-state index is 10.7. The number of aliphatic imine (C=N–C) groups is 1. The van der Waals surface area contributed by atoms with Gasteiger partial charge in [0.15, 0.2) is 5.96 Å². The average Bonchev–Trinajstić information content (AvgIpc) is 2.88. The number of halogens is 1. The molecule has 0 aliphatic heterocycles. The molecule has 0 amide bonds. The van der Waals surface area contributed by atoms with Crippen LogP contribution in [0.2, 0.25) is 0 Å². The van der Waals surface area contributed by atoms with E-state index >= 15 is 0 Å². The average molecular weight is 447 g/mol. The molecule has 6 heteroatoms. The molecule has 2 rings (SSSR count). The fraction of sp³-hybridized carbons (Fsp3) is 0.611. The molecular weight excluding hydrogens is 417 g/mol. The minimum atomic E-state index is -1.01. The summed E-state index contributed by atoms with van der Waals surface area (Å²) in [6, 6.07) is 1.89. The Balaban J connectivity index is 0.00000288. The van der Waals surface area contributed by atoms with Crippen LogP contribution in [0.5, 0.6) is 0 Å². The second kappa shape index (κ2) is 9.46. The van der Waals surface area contributed by atoms with Gasteiger partial charge in [0.05, 0.1) is 6.54 Å². The van der Waals surface area contributed by atoms with Crippen molar-refractivity contribution in [2.75, 3.05) is 20.1 Å². The number of nitrogens with one attached hydrogen (secondary N) is 2. The van der Waals surface area contributed by atoms with Crippen molar-refractivity contribution in [1.29, 1.82) is 0 Å². The van der Waals surface area contributed by atoms with E-state index in [0.717, 1.165) is 42.4 Å². The first-order valence-electron chi connectivity index (χ1n) is 8.32. The van der Waals surface area contributed by atoms with Gasteiger partial charge in [-0.05, 0) is 52.0 Å². The number of rotatable bonds is 5. The predicted octanol–water partition coefficient (Wildman–Crippen LogP) is 3.24. The fourth-order valence-electron chi connectivity index (χ4n) is 3.02. The van der Waals surface area contributed by atoms with E-state index in [0.29, 0.717) is 12.5 Å². The minimum Gasteiger partial charge on any atom is -0.466 e. The zero-order valence-corrected chi connectivity index (χ0v) is 17.4. The summed E-state index contributed by atoms with van der Waals surface area (Å²) in [5, 5.41) is 17.3. The first-order valence-corrected chi connectivity index (χ1v) is 8.32. The van der Waals surface area contributed by atoms with Crippen LogP contribution in [0.4, 0.5) is 0 Å². The number of aryl methyl sites for hydroxylation is 2. The molecule has 0 bridgehead atoms. The third-order valence-corrected chi connectivity index (χ3v) is 4.38. The number of aliphatic hydroxyl groups is 1. The van der Waals surface area contributed by atoms with Crippen LogP contribution in [0.1, 0.15) is 43.3 Å². The van der Waals surface area contributed by atoms with Crippen molar-refractivity contribution in [1.82, 2.24) is 10.6 Å². The van der Waals surface area contributed by atoms with Gasteiger partial charge in [-0.25, -0.2) is 0 Å². The number of guanidine groups is 1. The monoisotopic (exact) mass is 447 g/mol. The number of allylic oxidation sites excluding steroid dienone is 2. The molecule has 0 saturated carbocycles. The number of hydrogen-bond acceptors (Lipinski definition) is 3. The first kappa shape index (κ1) is 21.0. The highest BCUT2D eigenvalue weighted by Gasteiger charge is 2.27. The van der Waals surface area contributed by atoms with Gasteiger partial charge in [-0.3, -0.25) is 4.99 Å². The van der Waals surface area contributed by atoms with E-state index in [4.69, 9.17) is 4.42 Å². The van der Waals surface area contributed by atoms with E-state index in [9.17, 15) is 5.11 Å². The van der Waals surface area contributed by atoms with Crippen molar-refractivity contribution >= 4 is 29.9 Å². The number of hydrogen-bond donors (Lipinski definition) is 3. The molecule has 1 aromatic rings. The summed E-state index contributed by atoms with van der Waals surface area (Å²) < 4.78 is 5.52. The van der Waals surface area contributed by atoms with Gasteiger partial charge in [-0.15, -0.1) is 24.0 Å². The summed E-state index contributed by atoms with van der Waals surface area (Å²) in [4.78, 5) is 4.24. The summed E-state index contributed by atoms with van der Waals surface area (Å²) in [7, 11) is 1.75. The molecule has 1 aliphatic carbocycles. The Kier molecular flexibility index (Phi) is 8.29. The number of furan rings is 1. The lowest BCUT2D eigenvalue weighted by Crippen LogP contribution is -2.45. The predicted molar refractivity (Wildman–Crippen MR) is 109 cm³/mol. The molecule has 0 aromatic carbocycles. The largest absolute Gasteiger partial charge is 0.466 e. The smallest absolute Gasteiger partial charge is 0.191 e. The Morgan fingerprint density at radius 1 is 1.38 bits per heavy atom. The van der Waals surface area contributed by atoms with Crippen molar-refractivity contribution in [3.8, 4) is 0 Å². The van der Waals surface area contributed by atoms with Gasteiger partial charge in [-0.1, -0.05) is 12.2 Å². The molecule has 0 spiro atoms. The molecule has 2 unspecified atom stereocenters. The van der Waals surface area contributed by atoms with Gasteiger partial charge >= 0.3 is 0 Å². The number of nitrogens with zero attached hydrogens (tertiary/aromatic N) is 1. The molecule has 24 heavy (non-hydrogen) atoms. The highest BCUT2D eigenvalue weighted by Crippen LogP contribution is 2.26. The van der Waals surface area contributed by atoms with Gasteiger partial charge < -0.3 is 20.2 Å². The lowest BCUT2D eigenvalue weighted by atomic mass is 9.94. The lowest BCUT2D eigenvalue weighted by Gasteiger charge is -2.25. The maximum Gasteiger partial charge on any atom is 0.191 e. The van der Waals surface area contributed by atoms with Gasteiger partial charge in [0.25, 0.3) is 0 Å². The Hall–Kier alpha value is -1.02. The Morgan fingerprint density at radius 3 is 2.67 bits per heavy atom. The van der Waals surface area contributed by atoms with Crippen molar-refractivity contribution in [3.63, 3.8) is 0 Å². The van der Waals surface area contributed by atoms with Crippen LogP contribution < -0.4 is 10.6 Å². The summed E-state index contributed by atoms with van der Waals surface area (Å²) in [5.41, 5.74) is -0.192. The van der Waals surface area contributed by atoms with Crippen molar-refractivity contribution in [3.05, 3.63) is 35.3 Å². The van der Waals surface area contributed by atoms with Crippen molar-refractivity contribution < 1.29 is 9.52 Å². The minimum absolute atomic E-state index is 0. The summed E-state index contributed by atoms with van der Waals surface area (Å²) in [5.74, 6) is 2.94. The summed E-state index contributed by atoms with van der Waals surface area (Å²) in [6.45, 7) is 6.82. The highest BCUT2D eigenvalue weighted by molar-refractivity contribution is 14.0. The van der Waals surface area contributed by atoms with Gasteiger partial charge in [-0.2, -0.15) is 0 Å². The molecule has 1 heterocycles. The van der Waals surface area contributed by atoms with Gasteiger partial charge in [0.1, 0.15) is 17.1 Å². The topological polar surface area (TPSA) is 69.8 Å². The zero-order chi connectivity index (χ0) is 16.9. The van der Waals surface area contributed by atoms with E-state index in [1.165, 1.54) is 6.42 Å². The van der Waals surface area contributed by atoms with Crippen LogP contribution in [0.25, 0.3) is 0 Å². The molecule has 0 saturated heterocycles. The quantitative estimate of drug-likeness (QED) is 0.281. The molecule has 0 fully saturated rings. The molecule has 2 atom stereocenters. The van der Waals surface area contributed by atoms with E-state index in [1.807, 2.05) is 19.9 Å². The van der Waals surface area contributed by atoms with Crippen LogP contribution >= 0.6 is 24.0 Å². The Morgan fingerprint density at radius 2 is 2.12 bits per heavy atom. The van der Waals surface area contributed by atoms with Gasteiger partial charge in [0.2, 0.25) is 0 Å². The highest BCUT2D eigenvalue weighted by atomic mass is 127. The summed E-state index contributed by atoms with van der Waals surface area (Å²) in [6.07, 6.45) is 7.99. The standard InChI is InChI=1S/C18H29N3O2.HI/c1-13-10-16(14(2)23-13)18(3,22)12-21-17(19-4)20-11-15-8-6-5-7-9-15;/h5-6,10,15,22H,7-9,11-12H2,1-4H3,(H2,19,20,21);1H. The first-order chi connectivity index (χ1) is 10.9. The van der Waals surface area contributed by atoms with E-state index < -0.39 is 5.60 Å². The van der Waals surface area contributed by atoms with Crippen LogP contribution in [0.3, 0.4) is 0 Å². The van der Waals surface area contributed by atoms with Crippen molar-refractivity contribution in [2.45, 2.75) is 45.6 Å². The van der Waals surface area contributed by atoms with Crippen LogP contribution in [0, 0.1) is 19.8 Å². The molecule has 5 nitrogen and oxygen atoms in total. The third kappa shape index (κ3) is 5.81. The molecular formula is C18H30IN3O2. The van der Waals surface area contributed by atoms with E-state index in [-0.39, 0.29) is 24.0 Å². The van der Waals surface area contributed by atoms with Crippen LogP contribution in [-0.4, -0.2) is 31.2 Å². The van der Waals surface area contributed by atoms with E-state index in [2.05, 4.69) is 27.8 Å². The second-order valence-corrected chi connectivity index (χ2v) is 6.56. The van der Waals surface area contributed by atoms with Gasteiger partial charge in [0, 0.05) is 19.2 Å². The molecule has 3 N–H and O–H groups in total. The second-order valence-electron chi connectivity index (χ2n) is 6.56. The third-order valence-electron chi connectivity index (χ3n) is 4.38.